The van der Waals surface area contributed by atoms with E-state index < -0.39 is 76.8 Å². The number of anilines is 1. The molecule has 0 spiro atoms. The van der Waals surface area contributed by atoms with Gasteiger partial charge in [-0.25, -0.2) is 18.9 Å². The molecule has 1 aromatic rings. The zero-order valence-corrected chi connectivity index (χ0v) is 20.4. The van der Waals surface area contributed by atoms with E-state index in [2.05, 4.69) is 15.5 Å². The molecule has 17 nitrogen and oxygen atoms in total. The van der Waals surface area contributed by atoms with Crippen LogP contribution >= 0.6 is 11.3 Å². The average Bonchev–Trinajstić information content (AvgIpc) is 3.35. The van der Waals surface area contributed by atoms with Crippen LogP contribution in [0.4, 0.5) is 9.93 Å². The largest absolute Gasteiger partial charge is 0.478 e. The number of oxime groups is 1. The van der Waals surface area contributed by atoms with Gasteiger partial charge in [0.15, 0.2) is 10.8 Å². The number of carboxylic acid groups (broad SMARTS) is 1. The molecule has 3 heterocycles. The third kappa shape index (κ3) is 5.48. The summed E-state index contributed by atoms with van der Waals surface area (Å²) in [5.74, 6) is -3.73. The lowest BCUT2D eigenvalue weighted by Crippen LogP contribution is -2.74. The smallest absolute Gasteiger partial charge is 0.410 e. The number of thiazole rings is 1. The number of nitrogens with zero attached hydrogens (tertiary/aromatic N) is 4. The van der Waals surface area contributed by atoms with Crippen molar-refractivity contribution in [3.63, 3.8) is 0 Å². The van der Waals surface area contributed by atoms with Gasteiger partial charge >= 0.3 is 22.4 Å². The van der Waals surface area contributed by atoms with Crippen LogP contribution in [0.25, 0.3) is 0 Å². The maximum absolute atomic E-state index is 13.0. The Morgan fingerprint density at radius 2 is 2.08 bits per heavy atom. The highest BCUT2D eigenvalue weighted by Gasteiger charge is 2.55. The number of aliphatic hydroxyl groups excluding tert-OH is 1. The molecule has 2 aliphatic heterocycles. The number of carboxylic acids is 1. The van der Waals surface area contributed by atoms with Crippen molar-refractivity contribution in [3.8, 4) is 0 Å². The first-order chi connectivity index (χ1) is 16.7. The first kappa shape index (κ1) is 27.0. The molecule has 36 heavy (non-hydrogen) atoms. The molecule has 198 valence electrons. The standard InChI is InChI=1S/C17H22N6O11S2/c1-17(2,14(27)28)34-21-10(8-6-35-15(18)19-8)12(25)20-11-9(23(13(11)26)36(30,31)32)4-22-3-7(5-24)33-16(22)29/h6-7,9,11,24H,3-5H2,1-2H3,(H2,18,19)(H,20,25)(H,27,28)(H,30,31,32)/b21-10-/t7?,9-,11?/m0/s1. The van der Waals surface area contributed by atoms with Crippen molar-refractivity contribution in [2.24, 2.45) is 5.16 Å². The fraction of sp³-hybridized carbons (Fsp3) is 0.529. The lowest BCUT2D eigenvalue weighted by Gasteiger charge is -2.45. The second kappa shape index (κ2) is 9.84. The maximum atomic E-state index is 13.0. The first-order valence-corrected chi connectivity index (χ1v) is 12.3. The topological polar surface area (TPSA) is 251 Å². The van der Waals surface area contributed by atoms with E-state index in [0.29, 0.717) is 0 Å². The van der Waals surface area contributed by atoms with Crippen LogP contribution in [0.2, 0.25) is 0 Å². The highest BCUT2D eigenvalue weighted by Crippen LogP contribution is 2.26. The Labute approximate surface area is 207 Å². The number of nitrogen functional groups attached to an aromatic ring is 1. The Bertz CT molecular complexity index is 1210. The van der Waals surface area contributed by atoms with Gasteiger partial charge in [-0.2, -0.15) is 8.42 Å². The number of carbonyl (C=O) groups is 4. The monoisotopic (exact) mass is 550 g/mol. The Balaban J connectivity index is 1.86. The van der Waals surface area contributed by atoms with Gasteiger partial charge in [0.25, 0.3) is 11.8 Å². The molecule has 3 amide bonds. The van der Waals surface area contributed by atoms with Crippen LogP contribution in [-0.4, -0.2) is 110 Å². The second-order valence-corrected chi connectivity index (χ2v) is 10.3. The van der Waals surface area contributed by atoms with Gasteiger partial charge in [0.05, 0.1) is 19.2 Å². The molecular weight excluding hydrogens is 528 g/mol. The van der Waals surface area contributed by atoms with E-state index in [1.807, 2.05) is 0 Å². The maximum Gasteiger partial charge on any atom is 0.410 e. The molecule has 0 saturated carbocycles. The van der Waals surface area contributed by atoms with Crippen molar-refractivity contribution >= 4 is 56.4 Å². The molecule has 19 heteroatoms. The number of aliphatic carboxylic acids is 1. The van der Waals surface area contributed by atoms with E-state index in [1.54, 1.807) is 0 Å². The molecule has 2 unspecified atom stereocenters. The fourth-order valence-corrected chi connectivity index (χ4v) is 4.61. The first-order valence-electron chi connectivity index (χ1n) is 10.0. The van der Waals surface area contributed by atoms with Gasteiger partial charge in [0.1, 0.15) is 17.8 Å². The van der Waals surface area contributed by atoms with Gasteiger partial charge in [0.2, 0.25) is 5.60 Å². The number of hydrogen-bond acceptors (Lipinski definition) is 13. The highest BCUT2D eigenvalue weighted by molar-refractivity contribution is 7.84. The summed E-state index contributed by atoms with van der Waals surface area (Å²) in [4.78, 5) is 58.7. The summed E-state index contributed by atoms with van der Waals surface area (Å²) in [6.45, 7) is 1.20. The number of nitrogens with two attached hydrogens (primary N) is 1. The summed E-state index contributed by atoms with van der Waals surface area (Å²) >= 11 is 0.925. The van der Waals surface area contributed by atoms with E-state index in [9.17, 15) is 42.4 Å². The summed E-state index contributed by atoms with van der Waals surface area (Å²) < 4.78 is 37.9. The summed E-state index contributed by atoms with van der Waals surface area (Å²) in [6.07, 6.45) is -1.79. The molecule has 2 aliphatic rings. The number of aromatic nitrogens is 1. The summed E-state index contributed by atoms with van der Waals surface area (Å²) in [5, 5.41) is 25.5. The Hall–Kier alpha value is -3.55. The number of carbonyl (C=O) groups excluding carboxylic acids is 3. The van der Waals surface area contributed by atoms with Crippen LogP contribution in [0.1, 0.15) is 19.5 Å². The van der Waals surface area contributed by atoms with Crippen LogP contribution in [0.3, 0.4) is 0 Å². The summed E-state index contributed by atoms with van der Waals surface area (Å²) in [7, 11) is -5.06. The average molecular weight is 551 g/mol. The van der Waals surface area contributed by atoms with Gasteiger partial charge in [-0.3, -0.25) is 14.1 Å². The summed E-state index contributed by atoms with van der Waals surface area (Å²) in [6, 6.07) is -3.01. The van der Waals surface area contributed by atoms with Crippen molar-refractivity contribution in [1.82, 2.24) is 19.5 Å². The lowest BCUT2D eigenvalue weighted by atomic mass is 9.97. The molecule has 2 fully saturated rings. The molecule has 0 radical (unpaired) electrons. The number of β-lactam (4-membered cyclic amide) rings is 1. The molecule has 1 aromatic heterocycles. The number of amides is 3. The molecule has 6 N–H and O–H groups in total. The zero-order valence-electron chi connectivity index (χ0n) is 18.7. The highest BCUT2D eigenvalue weighted by atomic mass is 32.2. The van der Waals surface area contributed by atoms with Gasteiger partial charge < -0.3 is 35.7 Å². The quantitative estimate of drug-likeness (QED) is 0.0884. The third-order valence-electron chi connectivity index (χ3n) is 5.13. The van der Waals surface area contributed by atoms with Crippen molar-refractivity contribution in [2.45, 2.75) is 37.6 Å². The van der Waals surface area contributed by atoms with E-state index in [4.69, 9.17) is 15.3 Å². The Kier molecular flexibility index (Phi) is 7.39. The fourth-order valence-electron chi connectivity index (χ4n) is 3.19. The predicted molar refractivity (Wildman–Crippen MR) is 119 cm³/mol. The molecule has 0 bridgehead atoms. The van der Waals surface area contributed by atoms with E-state index >= 15 is 0 Å². The van der Waals surface area contributed by atoms with Crippen LogP contribution in [-0.2, 0) is 34.3 Å². The van der Waals surface area contributed by atoms with E-state index in [-0.39, 0.29) is 21.7 Å². The SMILES string of the molecule is CC(C)(O/N=C(\C(=O)NC1C(=O)N(S(=O)(=O)O)[C@H]1CN1CC(CO)OC1=O)c1csc(N)n1)C(=O)O. The molecule has 3 rings (SSSR count). The number of ether oxygens (including phenoxy) is 1. The number of cyclic esters (lactones) is 1. The molecule has 0 aromatic carbocycles. The van der Waals surface area contributed by atoms with Gasteiger partial charge in [-0.15, -0.1) is 11.3 Å². The van der Waals surface area contributed by atoms with Crippen LogP contribution in [0.5, 0.6) is 0 Å². The number of hydrogen-bond donors (Lipinski definition) is 5. The third-order valence-corrected chi connectivity index (χ3v) is 6.75. The van der Waals surface area contributed by atoms with Crippen LogP contribution in [0, 0.1) is 0 Å². The van der Waals surface area contributed by atoms with Gasteiger partial charge in [-0.05, 0) is 13.8 Å². The predicted octanol–water partition coefficient (Wildman–Crippen LogP) is -2.38. The van der Waals surface area contributed by atoms with Crippen molar-refractivity contribution < 1.29 is 51.9 Å². The lowest BCUT2D eigenvalue weighted by molar-refractivity contribution is -0.161. The van der Waals surface area contributed by atoms with Crippen molar-refractivity contribution in [1.29, 1.82) is 0 Å². The molecular formula is C17H22N6O11S2. The number of aliphatic hydroxyl groups is 1. The zero-order chi connectivity index (χ0) is 27.0. The van der Waals surface area contributed by atoms with E-state index in [0.717, 1.165) is 30.1 Å². The van der Waals surface area contributed by atoms with Crippen LogP contribution < -0.4 is 11.1 Å². The minimum Gasteiger partial charge on any atom is -0.478 e. The molecule has 2 saturated heterocycles. The normalized spacial score (nSPS) is 22.8. The minimum atomic E-state index is -5.06. The summed E-state index contributed by atoms with van der Waals surface area (Å²) in [5.41, 5.74) is 3.03. The van der Waals surface area contributed by atoms with Gasteiger partial charge in [-0.1, -0.05) is 5.16 Å². The van der Waals surface area contributed by atoms with Crippen LogP contribution in [0.15, 0.2) is 10.5 Å². The van der Waals surface area contributed by atoms with E-state index in [1.165, 1.54) is 5.38 Å². The van der Waals surface area contributed by atoms with Crippen molar-refractivity contribution in [3.05, 3.63) is 11.1 Å². The number of nitrogens with one attached hydrogen (secondary N) is 1. The second-order valence-electron chi connectivity index (χ2n) is 8.14. The molecule has 0 aliphatic carbocycles. The van der Waals surface area contributed by atoms with Gasteiger partial charge in [0, 0.05) is 11.9 Å². The minimum absolute atomic E-state index is 0.0316. The Morgan fingerprint density at radius 3 is 2.58 bits per heavy atom. The van der Waals surface area contributed by atoms with Crippen molar-refractivity contribution in [2.75, 3.05) is 25.4 Å². The Morgan fingerprint density at radius 1 is 1.42 bits per heavy atom. The molecule has 3 atom stereocenters. The number of rotatable bonds is 10.